The van der Waals surface area contributed by atoms with Crippen LogP contribution in [0.4, 0.5) is 11.4 Å². The number of rotatable bonds is 6. The van der Waals surface area contributed by atoms with E-state index in [0.29, 0.717) is 17.3 Å². The lowest BCUT2D eigenvalue weighted by Crippen LogP contribution is -2.33. The van der Waals surface area contributed by atoms with Crippen molar-refractivity contribution in [2.75, 3.05) is 10.6 Å². The van der Waals surface area contributed by atoms with Gasteiger partial charge in [-0.05, 0) is 49.6 Å². The standard InChI is InChI=1S/C23H28N4O2/c1-15(2)18-11-13-19(14-12-18)24-16(3)22(28)25-21-17(4)26(5)27(23(21)29)20-9-7-6-8-10-20/h6-16,24H,1-5H3,(H,25,28)/t16-/m1/s1. The van der Waals surface area contributed by atoms with Crippen LogP contribution in [-0.4, -0.2) is 21.3 Å². The number of hydrogen-bond acceptors (Lipinski definition) is 3. The van der Waals surface area contributed by atoms with Crippen LogP contribution in [0.25, 0.3) is 5.69 Å². The maximum Gasteiger partial charge on any atom is 0.295 e. The van der Waals surface area contributed by atoms with E-state index in [1.807, 2.05) is 49.4 Å². The Bertz CT molecular complexity index is 1050. The molecule has 6 nitrogen and oxygen atoms in total. The Morgan fingerprint density at radius 1 is 0.966 bits per heavy atom. The third-order valence-electron chi connectivity index (χ3n) is 5.16. The highest BCUT2D eigenvalue weighted by Gasteiger charge is 2.20. The Hall–Kier alpha value is -3.28. The number of benzene rings is 2. The first-order valence-corrected chi connectivity index (χ1v) is 9.81. The van der Waals surface area contributed by atoms with Crippen LogP contribution in [0, 0.1) is 6.92 Å². The van der Waals surface area contributed by atoms with Crippen molar-refractivity contribution in [1.82, 2.24) is 9.36 Å². The number of nitrogens with one attached hydrogen (secondary N) is 2. The van der Waals surface area contributed by atoms with Gasteiger partial charge in [-0.3, -0.25) is 14.3 Å². The highest BCUT2D eigenvalue weighted by atomic mass is 16.2. The summed E-state index contributed by atoms with van der Waals surface area (Å²) in [7, 11) is 1.80. The normalized spacial score (nSPS) is 12.1. The third-order valence-corrected chi connectivity index (χ3v) is 5.16. The number of hydrogen-bond donors (Lipinski definition) is 2. The van der Waals surface area contributed by atoms with Gasteiger partial charge in [-0.1, -0.05) is 44.2 Å². The number of carbonyl (C=O) groups is 1. The molecule has 0 aliphatic heterocycles. The van der Waals surface area contributed by atoms with Crippen LogP contribution in [0.15, 0.2) is 59.4 Å². The second kappa shape index (κ2) is 8.39. The van der Waals surface area contributed by atoms with Crippen molar-refractivity contribution < 1.29 is 4.79 Å². The smallest absolute Gasteiger partial charge is 0.295 e. The molecule has 0 saturated heterocycles. The summed E-state index contributed by atoms with van der Waals surface area (Å²) < 4.78 is 3.30. The SMILES string of the molecule is Cc1c(NC(=O)[C@@H](C)Nc2ccc(C(C)C)cc2)c(=O)n(-c2ccccc2)n1C. The number of amides is 1. The number of anilines is 2. The predicted molar refractivity (Wildman–Crippen MR) is 118 cm³/mol. The van der Waals surface area contributed by atoms with Gasteiger partial charge in [-0.15, -0.1) is 0 Å². The van der Waals surface area contributed by atoms with Gasteiger partial charge in [0.15, 0.2) is 0 Å². The van der Waals surface area contributed by atoms with Crippen molar-refractivity contribution in [3.8, 4) is 5.69 Å². The Morgan fingerprint density at radius 2 is 1.59 bits per heavy atom. The summed E-state index contributed by atoms with van der Waals surface area (Å²) in [5, 5.41) is 6.00. The molecule has 1 heterocycles. The van der Waals surface area contributed by atoms with Gasteiger partial charge < -0.3 is 10.6 Å². The van der Waals surface area contributed by atoms with Crippen LogP contribution in [0.3, 0.4) is 0 Å². The zero-order chi connectivity index (χ0) is 21.1. The molecule has 0 saturated carbocycles. The molecule has 1 amide bonds. The third kappa shape index (κ3) is 4.26. The molecule has 0 fully saturated rings. The molecule has 0 aliphatic rings. The molecule has 2 N–H and O–H groups in total. The largest absolute Gasteiger partial charge is 0.374 e. The van der Waals surface area contributed by atoms with Gasteiger partial charge in [-0.2, -0.15) is 0 Å². The fourth-order valence-electron chi connectivity index (χ4n) is 3.22. The summed E-state index contributed by atoms with van der Waals surface area (Å²) in [6.45, 7) is 7.88. The van der Waals surface area contributed by atoms with Gasteiger partial charge in [0.25, 0.3) is 5.56 Å². The minimum Gasteiger partial charge on any atom is -0.374 e. The quantitative estimate of drug-likeness (QED) is 0.665. The first-order chi connectivity index (χ1) is 13.8. The van der Waals surface area contributed by atoms with Crippen LogP contribution in [-0.2, 0) is 11.8 Å². The van der Waals surface area contributed by atoms with E-state index in [4.69, 9.17) is 0 Å². The van der Waals surface area contributed by atoms with Gasteiger partial charge >= 0.3 is 0 Å². The van der Waals surface area contributed by atoms with E-state index in [-0.39, 0.29) is 11.5 Å². The maximum atomic E-state index is 12.9. The number of nitrogens with zero attached hydrogens (tertiary/aromatic N) is 2. The topological polar surface area (TPSA) is 68.1 Å². The molecule has 0 unspecified atom stereocenters. The van der Waals surface area contributed by atoms with E-state index >= 15 is 0 Å². The van der Waals surface area contributed by atoms with E-state index in [1.54, 1.807) is 23.3 Å². The van der Waals surface area contributed by atoms with E-state index in [2.05, 4.69) is 36.6 Å². The average molecular weight is 393 g/mol. The van der Waals surface area contributed by atoms with Crippen LogP contribution in [0.2, 0.25) is 0 Å². The van der Waals surface area contributed by atoms with Crippen LogP contribution in [0.5, 0.6) is 0 Å². The van der Waals surface area contributed by atoms with Crippen molar-refractivity contribution in [2.24, 2.45) is 7.05 Å². The highest BCUT2D eigenvalue weighted by molar-refractivity contribution is 5.96. The van der Waals surface area contributed by atoms with Crippen molar-refractivity contribution in [3.63, 3.8) is 0 Å². The van der Waals surface area contributed by atoms with Crippen molar-refractivity contribution in [3.05, 3.63) is 76.2 Å². The van der Waals surface area contributed by atoms with Crippen LogP contribution >= 0.6 is 0 Å². The van der Waals surface area contributed by atoms with Gasteiger partial charge in [0.1, 0.15) is 11.7 Å². The lowest BCUT2D eigenvalue weighted by Gasteiger charge is -2.15. The summed E-state index contributed by atoms with van der Waals surface area (Å²) in [5.41, 5.74) is 3.60. The summed E-state index contributed by atoms with van der Waals surface area (Å²) in [4.78, 5) is 25.7. The van der Waals surface area contributed by atoms with Gasteiger partial charge in [-0.25, -0.2) is 4.68 Å². The Kier molecular flexibility index (Phi) is 5.92. The summed E-state index contributed by atoms with van der Waals surface area (Å²) in [6.07, 6.45) is 0. The van der Waals surface area contributed by atoms with Crippen LogP contribution < -0.4 is 16.2 Å². The molecule has 3 aromatic rings. The fourth-order valence-corrected chi connectivity index (χ4v) is 3.22. The van der Waals surface area contributed by atoms with Gasteiger partial charge in [0.05, 0.1) is 11.4 Å². The van der Waals surface area contributed by atoms with E-state index in [0.717, 1.165) is 11.4 Å². The Morgan fingerprint density at radius 3 is 2.17 bits per heavy atom. The van der Waals surface area contributed by atoms with Crippen molar-refractivity contribution in [1.29, 1.82) is 0 Å². The molecule has 0 aliphatic carbocycles. The first kappa shape index (κ1) is 20.5. The molecule has 3 rings (SSSR count). The zero-order valence-electron chi connectivity index (χ0n) is 17.6. The molecule has 152 valence electrons. The first-order valence-electron chi connectivity index (χ1n) is 9.81. The minimum atomic E-state index is -0.496. The maximum absolute atomic E-state index is 12.9. The Labute approximate surface area is 171 Å². The molecule has 0 radical (unpaired) electrons. The number of para-hydroxylation sites is 1. The fraction of sp³-hybridized carbons (Fsp3) is 0.304. The van der Waals surface area contributed by atoms with Crippen molar-refractivity contribution >= 4 is 17.3 Å². The summed E-state index contributed by atoms with van der Waals surface area (Å²) in [5.74, 6) is 0.196. The molecule has 1 aromatic heterocycles. The summed E-state index contributed by atoms with van der Waals surface area (Å²) >= 11 is 0. The van der Waals surface area contributed by atoms with Crippen LogP contribution in [0.1, 0.15) is 37.9 Å². The summed E-state index contributed by atoms with van der Waals surface area (Å²) in [6, 6.07) is 16.9. The molecule has 29 heavy (non-hydrogen) atoms. The molecule has 2 aromatic carbocycles. The minimum absolute atomic E-state index is 0.252. The highest BCUT2D eigenvalue weighted by Crippen LogP contribution is 2.18. The number of carbonyl (C=O) groups excluding carboxylic acids is 1. The lowest BCUT2D eigenvalue weighted by atomic mass is 10.0. The molecular weight excluding hydrogens is 364 g/mol. The predicted octanol–water partition coefficient (Wildman–Crippen LogP) is 4.05. The van der Waals surface area contributed by atoms with E-state index < -0.39 is 6.04 Å². The van der Waals surface area contributed by atoms with Gasteiger partial charge in [0, 0.05) is 12.7 Å². The average Bonchev–Trinajstić information content (AvgIpc) is 2.92. The second-order valence-corrected chi connectivity index (χ2v) is 7.57. The van der Waals surface area contributed by atoms with E-state index in [1.165, 1.54) is 5.56 Å². The second-order valence-electron chi connectivity index (χ2n) is 7.57. The molecule has 6 heteroatoms. The molecular formula is C23H28N4O2. The molecule has 0 spiro atoms. The lowest BCUT2D eigenvalue weighted by molar-refractivity contribution is -0.116. The molecule has 1 atom stereocenters. The van der Waals surface area contributed by atoms with Gasteiger partial charge in [0.2, 0.25) is 5.91 Å². The Balaban J connectivity index is 1.77. The monoisotopic (exact) mass is 392 g/mol. The van der Waals surface area contributed by atoms with E-state index in [9.17, 15) is 9.59 Å². The zero-order valence-corrected chi connectivity index (χ0v) is 17.6. The number of aromatic nitrogens is 2. The molecule has 0 bridgehead atoms. The van der Waals surface area contributed by atoms with Crippen molar-refractivity contribution in [2.45, 2.75) is 39.7 Å².